The number of aromatic carboxylic acids is 1. The van der Waals surface area contributed by atoms with Gasteiger partial charge >= 0.3 is 12.1 Å². The van der Waals surface area contributed by atoms with Gasteiger partial charge in [0.1, 0.15) is 11.3 Å². The van der Waals surface area contributed by atoms with E-state index in [0.29, 0.717) is 22.6 Å². The van der Waals surface area contributed by atoms with E-state index in [9.17, 15) is 23.1 Å². The standard InChI is InChI=1S/C24H16F3N5O3/c25-24(26,27)15-4-6-16(7-5-15)29-23-28-11-10-20(30-23)14-2-1-3-17(12-14)31-32-18-8-9-21(33)19(13-18)22(34)35/h1-13,33H,(H,34,35)(H,28,29,30)/b32-31+. The lowest BCUT2D eigenvalue weighted by molar-refractivity contribution is -0.137. The predicted octanol–water partition coefficient (Wildman–Crippen LogP) is 6.73. The average molecular weight is 479 g/mol. The van der Waals surface area contributed by atoms with Gasteiger partial charge in [-0.05, 0) is 60.7 Å². The Kier molecular flexibility index (Phi) is 6.40. The molecule has 0 saturated carbocycles. The fraction of sp³-hybridized carbons (Fsp3) is 0.0417. The minimum absolute atomic E-state index is 0.194. The average Bonchev–Trinajstić information content (AvgIpc) is 2.83. The summed E-state index contributed by atoms with van der Waals surface area (Å²) in [5.74, 6) is -1.46. The molecule has 0 radical (unpaired) electrons. The van der Waals surface area contributed by atoms with Crippen LogP contribution in [0.5, 0.6) is 5.75 Å². The Hall–Kier alpha value is -4.80. The van der Waals surface area contributed by atoms with Crippen molar-refractivity contribution in [2.75, 3.05) is 5.32 Å². The molecule has 0 bridgehead atoms. The summed E-state index contributed by atoms with van der Waals surface area (Å²) in [4.78, 5) is 19.7. The Labute approximate surface area is 196 Å². The van der Waals surface area contributed by atoms with Gasteiger partial charge in [-0.15, -0.1) is 0 Å². The Morgan fingerprint density at radius 1 is 0.914 bits per heavy atom. The van der Waals surface area contributed by atoms with Crippen LogP contribution in [0.4, 0.5) is 36.2 Å². The van der Waals surface area contributed by atoms with Crippen LogP contribution in [0.25, 0.3) is 11.3 Å². The number of alkyl halides is 3. The van der Waals surface area contributed by atoms with Crippen LogP contribution in [0.3, 0.4) is 0 Å². The van der Waals surface area contributed by atoms with Gasteiger partial charge in [0.05, 0.1) is 22.6 Å². The molecule has 4 rings (SSSR count). The van der Waals surface area contributed by atoms with Gasteiger partial charge < -0.3 is 15.5 Å². The number of aromatic nitrogens is 2. The molecule has 3 N–H and O–H groups in total. The van der Waals surface area contributed by atoms with Crippen LogP contribution in [0.2, 0.25) is 0 Å². The van der Waals surface area contributed by atoms with Gasteiger partial charge in [-0.2, -0.15) is 23.4 Å². The van der Waals surface area contributed by atoms with E-state index >= 15 is 0 Å². The van der Waals surface area contributed by atoms with Crippen LogP contribution < -0.4 is 5.32 Å². The van der Waals surface area contributed by atoms with Crippen molar-refractivity contribution >= 4 is 29.0 Å². The summed E-state index contributed by atoms with van der Waals surface area (Å²) in [7, 11) is 0. The Morgan fingerprint density at radius 3 is 2.31 bits per heavy atom. The van der Waals surface area contributed by atoms with E-state index < -0.39 is 17.7 Å². The van der Waals surface area contributed by atoms with E-state index in [4.69, 9.17) is 5.11 Å². The van der Waals surface area contributed by atoms with Crippen molar-refractivity contribution in [1.29, 1.82) is 0 Å². The lowest BCUT2D eigenvalue weighted by atomic mass is 10.1. The van der Waals surface area contributed by atoms with E-state index in [0.717, 1.165) is 12.1 Å². The molecule has 0 aliphatic carbocycles. The first-order chi connectivity index (χ1) is 16.7. The number of nitrogens with zero attached hydrogens (tertiary/aromatic N) is 4. The van der Waals surface area contributed by atoms with Crippen molar-refractivity contribution < 1.29 is 28.2 Å². The molecule has 0 aliphatic heterocycles. The maximum absolute atomic E-state index is 12.7. The number of aromatic hydroxyl groups is 1. The summed E-state index contributed by atoms with van der Waals surface area (Å²) in [6, 6.07) is 16.9. The predicted molar refractivity (Wildman–Crippen MR) is 121 cm³/mol. The van der Waals surface area contributed by atoms with Crippen LogP contribution in [-0.4, -0.2) is 26.2 Å². The summed E-state index contributed by atoms with van der Waals surface area (Å²) in [6.07, 6.45) is -2.91. The molecule has 0 unspecified atom stereocenters. The fourth-order valence-electron chi connectivity index (χ4n) is 3.05. The third kappa shape index (κ3) is 5.77. The highest BCUT2D eigenvalue weighted by Gasteiger charge is 2.29. The smallest absolute Gasteiger partial charge is 0.416 e. The Morgan fingerprint density at radius 2 is 1.63 bits per heavy atom. The first-order valence-electron chi connectivity index (χ1n) is 10.0. The molecule has 3 aromatic carbocycles. The van der Waals surface area contributed by atoms with Gasteiger partial charge in [-0.25, -0.2) is 14.8 Å². The molecule has 176 valence electrons. The molecular weight excluding hydrogens is 463 g/mol. The summed E-state index contributed by atoms with van der Waals surface area (Å²) in [5.41, 5.74) is 1.27. The molecular formula is C24H16F3N5O3. The molecule has 1 heterocycles. The van der Waals surface area contributed by atoms with Crippen LogP contribution in [0.1, 0.15) is 15.9 Å². The summed E-state index contributed by atoms with van der Waals surface area (Å²) in [5, 5.41) is 29.7. The second-order valence-corrected chi connectivity index (χ2v) is 7.22. The quantitative estimate of drug-likeness (QED) is 0.264. The number of carbonyl (C=O) groups is 1. The molecule has 1 aromatic heterocycles. The lowest BCUT2D eigenvalue weighted by Crippen LogP contribution is -2.04. The molecule has 0 atom stereocenters. The number of halogens is 3. The van der Waals surface area contributed by atoms with Gasteiger partial charge in [0.15, 0.2) is 0 Å². The van der Waals surface area contributed by atoms with Gasteiger partial charge in [0, 0.05) is 17.4 Å². The van der Waals surface area contributed by atoms with E-state index in [-0.39, 0.29) is 22.9 Å². The number of anilines is 2. The molecule has 0 aliphatic rings. The first kappa shape index (κ1) is 23.4. The van der Waals surface area contributed by atoms with Gasteiger partial charge in [-0.3, -0.25) is 0 Å². The minimum atomic E-state index is -4.42. The van der Waals surface area contributed by atoms with Crippen LogP contribution >= 0.6 is 0 Å². The zero-order valence-corrected chi connectivity index (χ0v) is 17.7. The first-order valence-corrected chi connectivity index (χ1v) is 10.0. The maximum Gasteiger partial charge on any atom is 0.416 e. The van der Waals surface area contributed by atoms with Crippen LogP contribution in [-0.2, 0) is 6.18 Å². The normalized spacial score (nSPS) is 11.5. The second kappa shape index (κ2) is 9.59. The van der Waals surface area contributed by atoms with Gasteiger partial charge in [0.25, 0.3) is 0 Å². The number of phenols is 1. The van der Waals surface area contributed by atoms with Crippen molar-refractivity contribution in [2.45, 2.75) is 6.18 Å². The van der Waals surface area contributed by atoms with Crippen molar-refractivity contribution in [3.63, 3.8) is 0 Å². The highest BCUT2D eigenvalue weighted by molar-refractivity contribution is 5.91. The molecule has 0 saturated heterocycles. The van der Waals surface area contributed by atoms with Crippen LogP contribution in [0.15, 0.2) is 89.2 Å². The van der Waals surface area contributed by atoms with Crippen LogP contribution in [0, 0.1) is 0 Å². The maximum atomic E-state index is 12.7. The number of carboxylic acid groups (broad SMARTS) is 1. The number of rotatable bonds is 6. The lowest BCUT2D eigenvalue weighted by Gasteiger charge is -2.09. The molecule has 0 amide bonds. The minimum Gasteiger partial charge on any atom is -0.507 e. The Balaban J connectivity index is 1.53. The van der Waals surface area contributed by atoms with Gasteiger partial charge in [-0.1, -0.05) is 12.1 Å². The highest BCUT2D eigenvalue weighted by Crippen LogP contribution is 2.31. The van der Waals surface area contributed by atoms with Crippen molar-refractivity contribution in [1.82, 2.24) is 9.97 Å². The molecule has 0 spiro atoms. The van der Waals surface area contributed by atoms with Gasteiger partial charge in [0.2, 0.25) is 5.95 Å². The number of nitrogens with one attached hydrogen (secondary N) is 1. The third-order valence-electron chi connectivity index (χ3n) is 4.76. The zero-order chi connectivity index (χ0) is 25.0. The topological polar surface area (TPSA) is 120 Å². The molecule has 11 heteroatoms. The zero-order valence-electron chi connectivity index (χ0n) is 17.7. The molecule has 0 fully saturated rings. The van der Waals surface area contributed by atoms with E-state index in [1.54, 1.807) is 30.3 Å². The summed E-state index contributed by atoms with van der Waals surface area (Å²) in [6.45, 7) is 0. The number of carboxylic acids is 1. The second-order valence-electron chi connectivity index (χ2n) is 7.22. The fourth-order valence-corrected chi connectivity index (χ4v) is 3.05. The van der Waals surface area contributed by atoms with E-state index in [1.165, 1.54) is 36.5 Å². The highest BCUT2D eigenvalue weighted by atomic mass is 19.4. The van der Waals surface area contributed by atoms with Crippen molar-refractivity contribution in [2.24, 2.45) is 10.2 Å². The number of hydrogen-bond acceptors (Lipinski definition) is 7. The third-order valence-corrected chi connectivity index (χ3v) is 4.76. The number of hydrogen-bond donors (Lipinski definition) is 3. The SMILES string of the molecule is O=C(O)c1cc(/N=N/c2cccc(-c3ccnc(Nc4ccc(C(F)(F)F)cc4)n3)c2)ccc1O. The Bertz CT molecular complexity index is 1410. The molecule has 8 nitrogen and oxygen atoms in total. The summed E-state index contributed by atoms with van der Waals surface area (Å²) >= 11 is 0. The number of benzene rings is 3. The summed E-state index contributed by atoms with van der Waals surface area (Å²) < 4.78 is 38.2. The largest absolute Gasteiger partial charge is 0.507 e. The van der Waals surface area contributed by atoms with E-state index in [2.05, 4.69) is 25.5 Å². The molecule has 4 aromatic rings. The monoisotopic (exact) mass is 479 g/mol. The number of azo groups is 1. The molecule has 35 heavy (non-hydrogen) atoms. The van der Waals surface area contributed by atoms with Crippen molar-refractivity contribution in [3.8, 4) is 17.0 Å². The van der Waals surface area contributed by atoms with Crippen molar-refractivity contribution in [3.05, 3.63) is 90.1 Å². The van der Waals surface area contributed by atoms with E-state index in [1.807, 2.05) is 0 Å².